The molecule has 0 unspecified atom stereocenters. The zero-order valence-electron chi connectivity index (χ0n) is 15.7. The highest BCUT2D eigenvalue weighted by molar-refractivity contribution is 7.09. The molecule has 7 heteroatoms. The van der Waals surface area contributed by atoms with Gasteiger partial charge in [0.15, 0.2) is 5.82 Å². The molecule has 0 saturated heterocycles. The highest BCUT2D eigenvalue weighted by Crippen LogP contribution is 2.25. The van der Waals surface area contributed by atoms with E-state index in [1.165, 1.54) is 10.6 Å². The maximum absolute atomic E-state index is 4.84. The number of hydrogen-bond donors (Lipinski definition) is 2. The van der Waals surface area contributed by atoms with Gasteiger partial charge >= 0.3 is 0 Å². The van der Waals surface area contributed by atoms with Crippen LogP contribution < -0.4 is 10.6 Å². The van der Waals surface area contributed by atoms with E-state index in [1.807, 2.05) is 18.3 Å². The Bertz CT molecular complexity index is 906. The van der Waals surface area contributed by atoms with Gasteiger partial charge in [-0.2, -0.15) is 0 Å². The number of pyridine rings is 1. The van der Waals surface area contributed by atoms with Crippen molar-refractivity contribution in [3.8, 4) is 11.4 Å². The molecule has 0 atom stereocenters. The quantitative estimate of drug-likeness (QED) is 0.706. The summed E-state index contributed by atoms with van der Waals surface area (Å²) in [4.78, 5) is 18.6. The number of fused-ring (bicyclic) bond motifs is 1. The van der Waals surface area contributed by atoms with E-state index >= 15 is 0 Å². The second-order valence-electron chi connectivity index (χ2n) is 7.00. The first kappa shape index (κ1) is 18.0. The van der Waals surface area contributed by atoms with Crippen LogP contribution in [0.4, 0.5) is 5.82 Å². The summed E-state index contributed by atoms with van der Waals surface area (Å²) < 4.78 is 0. The Morgan fingerprint density at radius 2 is 2.07 bits per heavy atom. The van der Waals surface area contributed by atoms with E-state index in [0.29, 0.717) is 12.5 Å². The monoisotopic (exact) mass is 380 g/mol. The van der Waals surface area contributed by atoms with Crippen LogP contribution in [0.5, 0.6) is 0 Å². The molecule has 1 aliphatic rings. The summed E-state index contributed by atoms with van der Waals surface area (Å²) in [5.74, 6) is 2.11. The van der Waals surface area contributed by atoms with Crippen LogP contribution in [0.3, 0.4) is 0 Å². The van der Waals surface area contributed by atoms with Crippen molar-refractivity contribution in [2.75, 3.05) is 18.4 Å². The summed E-state index contributed by atoms with van der Waals surface area (Å²) in [6.45, 7) is 6.92. The van der Waals surface area contributed by atoms with Crippen molar-refractivity contribution >= 4 is 17.2 Å². The van der Waals surface area contributed by atoms with Gasteiger partial charge in [-0.15, -0.1) is 11.3 Å². The molecule has 2 N–H and O–H groups in total. The van der Waals surface area contributed by atoms with Crippen molar-refractivity contribution in [3.63, 3.8) is 0 Å². The van der Waals surface area contributed by atoms with Gasteiger partial charge in [-0.05, 0) is 25.1 Å². The van der Waals surface area contributed by atoms with E-state index in [1.54, 1.807) is 17.5 Å². The Labute approximate surface area is 163 Å². The lowest BCUT2D eigenvalue weighted by Gasteiger charge is -2.14. The van der Waals surface area contributed by atoms with E-state index in [-0.39, 0.29) is 0 Å². The minimum Gasteiger partial charge on any atom is -0.364 e. The zero-order valence-corrected chi connectivity index (χ0v) is 16.5. The Hall–Kier alpha value is -2.38. The minimum absolute atomic E-state index is 0.460. The van der Waals surface area contributed by atoms with Crippen LogP contribution in [-0.2, 0) is 19.4 Å². The second kappa shape index (κ2) is 8.10. The van der Waals surface area contributed by atoms with Crippen molar-refractivity contribution in [2.24, 2.45) is 0 Å². The fourth-order valence-corrected chi connectivity index (χ4v) is 3.99. The van der Waals surface area contributed by atoms with Gasteiger partial charge in [-0.1, -0.05) is 13.8 Å². The number of nitrogens with zero attached hydrogens (tertiary/aromatic N) is 4. The number of aromatic nitrogens is 4. The normalized spacial score (nSPS) is 14.0. The number of nitrogens with one attached hydrogen (secondary N) is 2. The third kappa shape index (κ3) is 4.14. The van der Waals surface area contributed by atoms with Crippen molar-refractivity contribution in [2.45, 2.75) is 39.2 Å². The molecule has 3 aromatic heterocycles. The molecule has 0 fully saturated rings. The van der Waals surface area contributed by atoms with E-state index < -0.39 is 0 Å². The molecular weight excluding hydrogens is 356 g/mol. The molecule has 140 valence electrons. The van der Waals surface area contributed by atoms with Crippen LogP contribution in [0, 0.1) is 0 Å². The lowest BCUT2D eigenvalue weighted by molar-refractivity contribution is 0.708. The SMILES string of the molecule is CC(C)c1nc(CNc2nc(-c3cccnc3)nc3c2CCNCC3)cs1. The fraction of sp³-hybridized carbons (Fsp3) is 0.400. The molecule has 3 aromatic rings. The molecule has 0 saturated carbocycles. The van der Waals surface area contributed by atoms with Gasteiger partial charge in [0.25, 0.3) is 0 Å². The Kier molecular flexibility index (Phi) is 5.40. The van der Waals surface area contributed by atoms with Crippen molar-refractivity contribution in [3.05, 3.63) is 51.9 Å². The van der Waals surface area contributed by atoms with Crippen LogP contribution in [0.1, 0.15) is 41.7 Å². The van der Waals surface area contributed by atoms with E-state index in [2.05, 4.69) is 34.8 Å². The summed E-state index contributed by atoms with van der Waals surface area (Å²) in [5.41, 5.74) is 4.34. The average molecular weight is 381 g/mol. The number of anilines is 1. The summed E-state index contributed by atoms with van der Waals surface area (Å²) in [6, 6.07) is 3.92. The van der Waals surface area contributed by atoms with Crippen LogP contribution in [-0.4, -0.2) is 33.0 Å². The van der Waals surface area contributed by atoms with Gasteiger partial charge in [0.2, 0.25) is 0 Å². The van der Waals surface area contributed by atoms with Crippen molar-refractivity contribution in [1.29, 1.82) is 0 Å². The topological polar surface area (TPSA) is 75.6 Å². The van der Waals surface area contributed by atoms with Gasteiger partial charge < -0.3 is 10.6 Å². The first-order valence-electron chi connectivity index (χ1n) is 9.40. The molecule has 6 nitrogen and oxygen atoms in total. The third-order valence-corrected chi connectivity index (χ3v) is 5.80. The van der Waals surface area contributed by atoms with E-state index in [4.69, 9.17) is 15.0 Å². The highest BCUT2D eigenvalue weighted by Gasteiger charge is 2.18. The van der Waals surface area contributed by atoms with Crippen molar-refractivity contribution in [1.82, 2.24) is 25.3 Å². The number of rotatable bonds is 5. The standard InChI is InChI=1S/C20H24N6S/c1-13(2)20-24-15(12-27-20)11-23-19-16-5-8-21-9-6-17(16)25-18(26-19)14-4-3-7-22-10-14/h3-4,7,10,12-13,21H,5-6,8-9,11H2,1-2H3,(H,23,25,26). The first-order chi connectivity index (χ1) is 13.2. The first-order valence-corrected chi connectivity index (χ1v) is 10.3. The molecule has 1 aliphatic heterocycles. The van der Waals surface area contributed by atoms with Crippen LogP contribution in [0.2, 0.25) is 0 Å². The molecule has 0 aliphatic carbocycles. The predicted molar refractivity (Wildman–Crippen MR) is 109 cm³/mol. The Balaban J connectivity index is 1.65. The highest BCUT2D eigenvalue weighted by atomic mass is 32.1. The Morgan fingerprint density at radius 1 is 1.19 bits per heavy atom. The van der Waals surface area contributed by atoms with Gasteiger partial charge in [-0.3, -0.25) is 4.98 Å². The minimum atomic E-state index is 0.460. The molecule has 0 spiro atoms. The summed E-state index contributed by atoms with van der Waals surface area (Å²) >= 11 is 1.72. The molecule has 4 heterocycles. The lowest BCUT2D eigenvalue weighted by Crippen LogP contribution is -2.16. The summed E-state index contributed by atoms with van der Waals surface area (Å²) in [6.07, 6.45) is 5.42. The smallest absolute Gasteiger partial charge is 0.163 e. The third-order valence-electron chi connectivity index (χ3n) is 4.60. The Morgan fingerprint density at radius 3 is 2.85 bits per heavy atom. The zero-order chi connectivity index (χ0) is 18.6. The second-order valence-corrected chi connectivity index (χ2v) is 7.89. The molecule has 0 aromatic carbocycles. The van der Waals surface area contributed by atoms with E-state index in [0.717, 1.165) is 54.5 Å². The van der Waals surface area contributed by atoms with Crippen LogP contribution in [0.15, 0.2) is 29.9 Å². The molecule has 0 bridgehead atoms. The summed E-state index contributed by atoms with van der Waals surface area (Å²) in [7, 11) is 0. The number of thiazole rings is 1. The molecular formula is C20H24N6S. The van der Waals surface area contributed by atoms with Crippen LogP contribution in [0.25, 0.3) is 11.4 Å². The molecule has 0 amide bonds. The van der Waals surface area contributed by atoms with Gasteiger partial charge in [0, 0.05) is 47.8 Å². The molecule has 0 radical (unpaired) electrons. The average Bonchev–Trinajstić information content (AvgIpc) is 3.04. The fourth-order valence-electron chi connectivity index (χ4n) is 3.16. The molecule has 27 heavy (non-hydrogen) atoms. The van der Waals surface area contributed by atoms with Gasteiger partial charge in [-0.25, -0.2) is 15.0 Å². The lowest BCUT2D eigenvalue weighted by atomic mass is 10.1. The van der Waals surface area contributed by atoms with Gasteiger partial charge in [0.1, 0.15) is 5.82 Å². The van der Waals surface area contributed by atoms with Gasteiger partial charge in [0.05, 0.1) is 22.9 Å². The number of hydrogen-bond acceptors (Lipinski definition) is 7. The molecule has 4 rings (SSSR count). The van der Waals surface area contributed by atoms with Crippen molar-refractivity contribution < 1.29 is 0 Å². The van der Waals surface area contributed by atoms with Crippen LogP contribution >= 0.6 is 11.3 Å². The maximum atomic E-state index is 4.84. The largest absolute Gasteiger partial charge is 0.364 e. The maximum Gasteiger partial charge on any atom is 0.163 e. The van der Waals surface area contributed by atoms with E-state index in [9.17, 15) is 0 Å². The predicted octanol–water partition coefficient (Wildman–Crippen LogP) is 3.42. The summed E-state index contributed by atoms with van der Waals surface area (Å²) in [5, 5.41) is 10.3.